The largest absolute Gasteiger partial charge is 2.00 e. The summed E-state index contributed by atoms with van der Waals surface area (Å²) in [7, 11) is 0. The quantitative estimate of drug-likeness (QED) is 0.270. The average molecular weight is 662 g/mol. The molecule has 0 amide bonds. The van der Waals surface area contributed by atoms with Gasteiger partial charge in [0.25, 0.3) is 0 Å². The third-order valence-corrected chi connectivity index (χ3v) is 6.16. The maximum Gasteiger partial charge on any atom is 2.00 e. The number of phenolic OH excluding ortho intramolecular Hbond substituents is 2. The van der Waals surface area contributed by atoms with Crippen LogP contribution >= 0.6 is 0 Å². The summed E-state index contributed by atoms with van der Waals surface area (Å²) in [5, 5.41) is 39.1. The van der Waals surface area contributed by atoms with Gasteiger partial charge in [0.1, 0.15) is 11.5 Å². The minimum absolute atomic E-state index is 0. The second-order valence-corrected chi connectivity index (χ2v) is 11.3. The van der Waals surface area contributed by atoms with Crippen LogP contribution in [0, 0.1) is 11.8 Å². The van der Waals surface area contributed by atoms with Gasteiger partial charge in [0, 0.05) is 35.5 Å². The zero-order valence-corrected chi connectivity index (χ0v) is 28.6. The van der Waals surface area contributed by atoms with E-state index >= 15 is 0 Å². The maximum absolute atomic E-state index is 10.6. The van der Waals surface area contributed by atoms with Gasteiger partial charge < -0.3 is 30.0 Å². The molecule has 3 aromatic rings. The van der Waals surface area contributed by atoms with Crippen molar-refractivity contribution >= 4 is 35.7 Å². The number of nitrogens with zero attached hydrogens (tertiary/aromatic N) is 2. The van der Waals surface area contributed by atoms with E-state index < -0.39 is 11.9 Å². The van der Waals surface area contributed by atoms with Gasteiger partial charge in [-0.15, -0.1) is 0 Å². The van der Waals surface area contributed by atoms with Crippen LogP contribution in [0.1, 0.15) is 88.8 Å². The Morgan fingerprint density at radius 2 is 0.978 bits per heavy atom. The Kier molecular flexibility index (Phi) is 19.1. The average Bonchev–Trinajstić information content (AvgIpc) is 2.92. The van der Waals surface area contributed by atoms with Crippen LogP contribution in [0.5, 0.6) is 11.5 Å². The van der Waals surface area contributed by atoms with Crippen molar-refractivity contribution in [2.45, 2.75) is 81.1 Å². The molecule has 45 heavy (non-hydrogen) atoms. The number of rotatable bonds is 10. The number of phenols is 2. The second kappa shape index (κ2) is 20.9. The predicted molar refractivity (Wildman–Crippen MR) is 174 cm³/mol. The number of aliphatic imine (C=N–C) groups is 2. The fourth-order valence-corrected chi connectivity index (χ4v) is 4.40. The molecule has 1 radical (unpaired) electrons. The van der Waals surface area contributed by atoms with Gasteiger partial charge >= 0.3 is 16.8 Å². The van der Waals surface area contributed by atoms with E-state index in [0.29, 0.717) is 23.3 Å². The normalized spacial score (nSPS) is 10.7. The van der Waals surface area contributed by atoms with E-state index in [0.717, 1.165) is 73.2 Å². The monoisotopic (exact) mass is 661 g/mol. The van der Waals surface area contributed by atoms with Gasteiger partial charge in [-0.1, -0.05) is 53.7 Å². The molecule has 0 aliphatic rings. The van der Waals surface area contributed by atoms with Gasteiger partial charge in [0.15, 0.2) is 0 Å². The van der Waals surface area contributed by atoms with Crippen molar-refractivity contribution in [3.05, 3.63) is 81.9 Å². The van der Waals surface area contributed by atoms with Crippen molar-refractivity contribution in [1.82, 2.24) is 0 Å². The van der Waals surface area contributed by atoms with Gasteiger partial charge in [0.05, 0.1) is 11.4 Å². The van der Waals surface area contributed by atoms with E-state index in [4.69, 9.17) is 19.8 Å². The molecule has 0 heterocycles. The summed E-state index contributed by atoms with van der Waals surface area (Å²) in [6.07, 6.45) is 6.97. The number of carboxylic acid groups (broad SMARTS) is 2. The first kappa shape index (κ1) is 41.0. The van der Waals surface area contributed by atoms with Crippen molar-refractivity contribution in [3.8, 4) is 11.5 Å². The summed E-state index contributed by atoms with van der Waals surface area (Å²) in [6, 6.07) is 15.9. The number of carboxylic acids is 2. The molecule has 3 aromatic carbocycles. The summed E-state index contributed by atoms with van der Waals surface area (Å²) < 4.78 is 0. The topological polar surface area (TPSA) is 145 Å². The molecule has 0 unspecified atom stereocenters. The summed E-state index contributed by atoms with van der Waals surface area (Å²) >= 11 is 0. The van der Waals surface area contributed by atoms with Crippen molar-refractivity contribution < 1.29 is 46.8 Å². The molecule has 8 nitrogen and oxygen atoms in total. The molecule has 0 atom stereocenters. The first-order chi connectivity index (χ1) is 20.7. The van der Waals surface area contributed by atoms with E-state index in [2.05, 4.69) is 63.7 Å². The zero-order chi connectivity index (χ0) is 33.4. The Morgan fingerprint density at radius 3 is 1.22 bits per heavy atom. The Morgan fingerprint density at radius 1 is 0.689 bits per heavy atom. The van der Waals surface area contributed by atoms with Gasteiger partial charge in [0.2, 0.25) is 0 Å². The molecule has 0 spiro atoms. The molecule has 0 aromatic heterocycles. The maximum atomic E-state index is 10.6. The van der Waals surface area contributed by atoms with Crippen LogP contribution in [0.4, 0.5) is 11.4 Å². The minimum Gasteiger partial charge on any atom is -0.550 e. The van der Waals surface area contributed by atoms with Crippen LogP contribution in [0.15, 0.2) is 58.5 Å². The number of carbonyl (C=O) groups is 2. The number of carbonyl (C=O) groups excluding carboxylic acids is 2. The number of hydrogen-bond acceptors (Lipinski definition) is 8. The van der Waals surface area contributed by atoms with Gasteiger partial charge in [-0.25, -0.2) is 0 Å². The number of benzene rings is 3. The van der Waals surface area contributed by atoms with E-state index in [1.165, 1.54) is 11.1 Å². The van der Waals surface area contributed by atoms with Gasteiger partial charge in [-0.2, -0.15) is 0 Å². The molecule has 2 N–H and O–H groups in total. The Bertz CT molecular complexity index is 1310. The third kappa shape index (κ3) is 16.1. The van der Waals surface area contributed by atoms with Crippen LogP contribution < -0.4 is 10.2 Å². The van der Waals surface area contributed by atoms with Crippen molar-refractivity contribution in [1.29, 1.82) is 0 Å². The van der Waals surface area contributed by atoms with Crippen molar-refractivity contribution in [3.63, 3.8) is 0 Å². The Hall–Kier alpha value is -3.95. The number of aliphatic carboxylic acids is 2. The SMILES string of the molecule is CC(=O)[O-].CC(=O)[O-].CCc1cc(CC(C)C)cc(C=Nc2ccc(N=Cc3cc(CC(C)C)cc(CC)c3O)cc2)c1O.[Co+2]. The Balaban J connectivity index is 0.00000192. The fraction of sp³-hybridized carbons (Fsp3) is 0.389. The number of aryl methyl sites for hydroxylation is 2. The molecule has 0 fully saturated rings. The molecule has 9 heteroatoms. The number of hydrogen-bond donors (Lipinski definition) is 2. The molecule has 3 rings (SSSR count). The van der Waals surface area contributed by atoms with E-state index in [1.807, 2.05) is 36.4 Å². The van der Waals surface area contributed by atoms with Crippen LogP contribution in [-0.2, 0) is 52.1 Å². The smallest absolute Gasteiger partial charge is 0.550 e. The molecule has 245 valence electrons. The van der Waals surface area contributed by atoms with Crippen molar-refractivity contribution in [2.24, 2.45) is 21.8 Å². The molecule has 0 bridgehead atoms. The molecule has 0 aliphatic heterocycles. The van der Waals surface area contributed by atoms with E-state index in [-0.39, 0.29) is 16.8 Å². The summed E-state index contributed by atoms with van der Waals surface area (Å²) in [5.74, 6) is -0.461. The summed E-state index contributed by atoms with van der Waals surface area (Å²) in [5.41, 5.74) is 7.41. The minimum atomic E-state index is -1.08. The molecule has 0 saturated carbocycles. The first-order valence-electron chi connectivity index (χ1n) is 14.9. The van der Waals surface area contributed by atoms with E-state index in [1.54, 1.807) is 12.4 Å². The Labute approximate surface area is 278 Å². The molecular formula is C36H46CoN2O6. The molecule has 0 saturated heterocycles. The third-order valence-electron chi connectivity index (χ3n) is 6.16. The van der Waals surface area contributed by atoms with Crippen LogP contribution in [0.25, 0.3) is 0 Å². The summed E-state index contributed by atoms with van der Waals surface area (Å²) in [4.78, 5) is 27.0. The van der Waals surface area contributed by atoms with Crippen LogP contribution in [0.2, 0.25) is 0 Å². The second-order valence-electron chi connectivity index (χ2n) is 11.3. The van der Waals surface area contributed by atoms with E-state index in [9.17, 15) is 10.2 Å². The predicted octanol–water partition coefficient (Wildman–Crippen LogP) is 5.63. The van der Waals surface area contributed by atoms with Gasteiger partial charge in [-0.3, -0.25) is 9.98 Å². The van der Waals surface area contributed by atoms with Crippen LogP contribution in [0.3, 0.4) is 0 Å². The summed E-state index contributed by atoms with van der Waals surface area (Å²) in [6.45, 7) is 14.8. The standard InChI is InChI=1S/C32H40N2O2.2C2H4O2.Co/c1-7-25-15-23(13-21(3)4)17-27(31(25)35)19-33-29-9-11-30(12-10-29)34-20-28-18-24(14-22(5)6)16-26(8-2)32(28)36;2*1-2(3)4;/h9-12,15-22,35-36H,7-8,13-14H2,1-6H3;2*1H3,(H,3,4);/q;;;+2/p-2. The number of aromatic hydroxyl groups is 2. The fourth-order valence-electron chi connectivity index (χ4n) is 4.40. The molecule has 0 aliphatic carbocycles. The van der Waals surface area contributed by atoms with Crippen molar-refractivity contribution in [2.75, 3.05) is 0 Å². The molecular weight excluding hydrogens is 615 g/mol. The van der Waals surface area contributed by atoms with Gasteiger partial charge in [-0.05, 0) is 110 Å². The first-order valence-corrected chi connectivity index (χ1v) is 14.9. The van der Waals surface area contributed by atoms with Crippen LogP contribution in [-0.4, -0.2) is 34.6 Å². The zero-order valence-electron chi connectivity index (χ0n) is 27.5.